The van der Waals surface area contributed by atoms with Crippen molar-refractivity contribution in [1.29, 1.82) is 0 Å². The van der Waals surface area contributed by atoms with E-state index in [1.807, 2.05) is 0 Å². The third kappa shape index (κ3) is 3.29. The molecule has 3 nitrogen and oxygen atoms in total. The number of hydrogen-bond donors (Lipinski definition) is 1. The van der Waals surface area contributed by atoms with Crippen LogP contribution in [0.4, 0.5) is 4.39 Å². The topological polar surface area (TPSA) is 32.3 Å². The summed E-state index contributed by atoms with van der Waals surface area (Å²) in [7, 11) is 2.09. The Balaban J connectivity index is 1.86. The van der Waals surface area contributed by atoms with Crippen LogP contribution in [0.1, 0.15) is 29.6 Å². The summed E-state index contributed by atoms with van der Waals surface area (Å²) in [4.78, 5) is 14.1. The van der Waals surface area contributed by atoms with E-state index in [1.165, 1.54) is 37.1 Å². The largest absolute Gasteiger partial charge is 0.350 e. The van der Waals surface area contributed by atoms with E-state index in [-0.39, 0.29) is 11.7 Å². The molecule has 98 valence electrons. The number of halogens is 1. The van der Waals surface area contributed by atoms with Crippen LogP contribution in [0.15, 0.2) is 24.3 Å². The van der Waals surface area contributed by atoms with Gasteiger partial charge in [-0.05, 0) is 50.7 Å². The minimum absolute atomic E-state index is 0.131. The molecule has 0 aromatic heterocycles. The minimum Gasteiger partial charge on any atom is -0.350 e. The summed E-state index contributed by atoms with van der Waals surface area (Å²) >= 11 is 0. The molecule has 1 heterocycles. The first-order valence-corrected chi connectivity index (χ1v) is 6.41. The Morgan fingerprint density at radius 3 is 2.78 bits per heavy atom. The number of rotatable bonds is 3. The monoisotopic (exact) mass is 250 g/mol. The predicted molar refractivity (Wildman–Crippen MR) is 69.0 cm³/mol. The second kappa shape index (κ2) is 5.96. The predicted octanol–water partition coefficient (Wildman–Crippen LogP) is 2.04. The molecule has 18 heavy (non-hydrogen) atoms. The molecule has 1 atom stereocenters. The van der Waals surface area contributed by atoms with Crippen molar-refractivity contribution in [3.05, 3.63) is 35.6 Å². The second-order valence-corrected chi connectivity index (χ2v) is 4.85. The Kier molecular flexibility index (Phi) is 4.31. The van der Waals surface area contributed by atoms with E-state index in [1.54, 1.807) is 0 Å². The van der Waals surface area contributed by atoms with Crippen LogP contribution in [0.2, 0.25) is 0 Å². The highest BCUT2D eigenvalue weighted by molar-refractivity contribution is 5.94. The molecule has 1 aliphatic rings. The zero-order chi connectivity index (χ0) is 13.0. The number of benzene rings is 1. The van der Waals surface area contributed by atoms with Gasteiger partial charge in [-0.3, -0.25) is 4.79 Å². The van der Waals surface area contributed by atoms with Crippen molar-refractivity contribution in [3.8, 4) is 0 Å². The summed E-state index contributed by atoms with van der Waals surface area (Å²) in [5.74, 6) is -0.451. The molecular formula is C14H19FN2O. The van der Waals surface area contributed by atoms with E-state index in [9.17, 15) is 9.18 Å². The molecular weight excluding hydrogens is 231 g/mol. The molecule has 2 rings (SSSR count). The lowest BCUT2D eigenvalue weighted by Gasteiger charge is -2.32. The van der Waals surface area contributed by atoms with E-state index in [2.05, 4.69) is 17.3 Å². The zero-order valence-corrected chi connectivity index (χ0v) is 10.7. The standard InChI is InChI=1S/C14H19FN2O/c1-17-9-3-2-4-13(17)10-16-14(18)11-5-7-12(15)8-6-11/h5-8,13H,2-4,9-10H2,1H3,(H,16,18). The number of hydrogen-bond acceptors (Lipinski definition) is 2. The molecule has 1 fully saturated rings. The molecule has 1 amide bonds. The van der Waals surface area contributed by atoms with Crippen LogP contribution in [0.3, 0.4) is 0 Å². The van der Waals surface area contributed by atoms with Crippen LogP contribution in [0, 0.1) is 5.82 Å². The zero-order valence-electron chi connectivity index (χ0n) is 10.7. The maximum absolute atomic E-state index is 12.7. The van der Waals surface area contributed by atoms with Crippen LogP contribution in [-0.4, -0.2) is 37.0 Å². The number of likely N-dealkylation sites (tertiary alicyclic amines) is 1. The first-order valence-electron chi connectivity index (χ1n) is 6.41. The van der Waals surface area contributed by atoms with Gasteiger partial charge in [-0.2, -0.15) is 0 Å². The van der Waals surface area contributed by atoms with Crippen LogP contribution in [0.25, 0.3) is 0 Å². The Labute approximate surface area is 107 Å². The Morgan fingerprint density at radius 1 is 1.39 bits per heavy atom. The average Bonchev–Trinajstić information content (AvgIpc) is 2.38. The van der Waals surface area contributed by atoms with E-state index in [0.717, 1.165) is 13.0 Å². The van der Waals surface area contributed by atoms with Gasteiger partial charge < -0.3 is 10.2 Å². The van der Waals surface area contributed by atoms with Crippen LogP contribution in [0.5, 0.6) is 0 Å². The lowest BCUT2D eigenvalue weighted by molar-refractivity contribution is 0.0928. The smallest absolute Gasteiger partial charge is 0.251 e. The first-order chi connectivity index (χ1) is 8.66. The minimum atomic E-state index is -0.321. The third-order valence-corrected chi connectivity index (χ3v) is 3.53. The molecule has 4 heteroatoms. The van der Waals surface area contributed by atoms with Gasteiger partial charge in [0, 0.05) is 18.2 Å². The fourth-order valence-electron chi connectivity index (χ4n) is 2.32. The second-order valence-electron chi connectivity index (χ2n) is 4.85. The molecule has 1 N–H and O–H groups in total. The van der Waals surface area contributed by atoms with Crippen molar-refractivity contribution in [2.75, 3.05) is 20.1 Å². The number of piperidine rings is 1. The molecule has 0 bridgehead atoms. The van der Waals surface area contributed by atoms with Gasteiger partial charge in [0.05, 0.1) is 0 Å². The van der Waals surface area contributed by atoms with Crippen LogP contribution in [-0.2, 0) is 0 Å². The van der Waals surface area contributed by atoms with Gasteiger partial charge in [0.1, 0.15) is 5.82 Å². The lowest BCUT2D eigenvalue weighted by Crippen LogP contribution is -2.44. The summed E-state index contributed by atoms with van der Waals surface area (Å²) in [6.45, 7) is 1.75. The Morgan fingerprint density at radius 2 is 2.11 bits per heavy atom. The van der Waals surface area contributed by atoms with Crippen molar-refractivity contribution < 1.29 is 9.18 Å². The summed E-state index contributed by atoms with van der Waals surface area (Å²) in [5.41, 5.74) is 0.509. The van der Waals surface area contributed by atoms with E-state index in [0.29, 0.717) is 18.2 Å². The Bertz CT molecular complexity index is 405. The molecule has 1 saturated heterocycles. The molecule has 0 spiro atoms. The van der Waals surface area contributed by atoms with Crippen LogP contribution >= 0.6 is 0 Å². The molecule has 1 aromatic rings. The van der Waals surface area contributed by atoms with Crippen molar-refractivity contribution in [2.24, 2.45) is 0 Å². The average molecular weight is 250 g/mol. The normalized spacial score (nSPS) is 20.7. The summed E-state index contributed by atoms with van der Waals surface area (Å²) in [6.07, 6.45) is 3.58. The van der Waals surface area contributed by atoms with Crippen molar-refractivity contribution in [3.63, 3.8) is 0 Å². The molecule has 0 saturated carbocycles. The summed E-state index contributed by atoms with van der Waals surface area (Å²) in [5, 5.41) is 2.92. The van der Waals surface area contributed by atoms with Gasteiger partial charge in [0.15, 0.2) is 0 Å². The molecule has 0 aliphatic carbocycles. The van der Waals surface area contributed by atoms with E-state index < -0.39 is 0 Å². The SMILES string of the molecule is CN1CCCCC1CNC(=O)c1ccc(F)cc1. The molecule has 0 radical (unpaired) electrons. The highest BCUT2D eigenvalue weighted by Crippen LogP contribution is 2.14. The Hall–Kier alpha value is -1.42. The molecule has 1 aliphatic heterocycles. The number of carbonyl (C=O) groups is 1. The van der Waals surface area contributed by atoms with Gasteiger partial charge in [0.25, 0.3) is 5.91 Å². The fraction of sp³-hybridized carbons (Fsp3) is 0.500. The number of nitrogens with one attached hydrogen (secondary N) is 1. The number of carbonyl (C=O) groups excluding carboxylic acids is 1. The lowest BCUT2D eigenvalue weighted by atomic mass is 10.0. The number of likely N-dealkylation sites (N-methyl/N-ethyl adjacent to an activating group) is 1. The van der Waals surface area contributed by atoms with Gasteiger partial charge in [0.2, 0.25) is 0 Å². The van der Waals surface area contributed by atoms with Gasteiger partial charge in [-0.25, -0.2) is 4.39 Å². The van der Waals surface area contributed by atoms with Crippen molar-refractivity contribution in [1.82, 2.24) is 10.2 Å². The fourth-order valence-corrected chi connectivity index (χ4v) is 2.32. The maximum atomic E-state index is 12.7. The first kappa shape index (κ1) is 13.0. The van der Waals surface area contributed by atoms with Gasteiger partial charge in [-0.15, -0.1) is 0 Å². The highest BCUT2D eigenvalue weighted by Gasteiger charge is 2.19. The highest BCUT2D eigenvalue weighted by atomic mass is 19.1. The number of amides is 1. The summed E-state index contributed by atoms with van der Waals surface area (Å²) < 4.78 is 12.7. The third-order valence-electron chi connectivity index (χ3n) is 3.53. The van der Waals surface area contributed by atoms with Crippen molar-refractivity contribution >= 4 is 5.91 Å². The summed E-state index contributed by atoms with van der Waals surface area (Å²) in [6, 6.07) is 6.05. The van der Waals surface area contributed by atoms with E-state index in [4.69, 9.17) is 0 Å². The number of nitrogens with zero attached hydrogens (tertiary/aromatic N) is 1. The quantitative estimate of drug-likeness (QED) is 0.890. The van der Waals surface area contributed by atoms with Gasteiger partial charge in [-0.1, -0.05) is 6.42 Å². The molecule has 1 aromatic carbocycles. The van der Waals surface area contributed by atoms with Gasteiger partial charge >= 0.3 is 0 Å². The molecule has 1 unspecified atom stereocenters. The maximum Gasteiger partial charge on any atom is 0.251 e. The van der Waals surface area contributed by atoms with Crippen molar-refractivity contribution in [2.45, 2.75) is 25.3 Å². The van der Waals surface area contributed by atoms with E-state index >= 15 is 0 Å². The van der Waals surface area contributed by atoms with Crippen LogP contribution < -0.4 is 5.32 Å².